The van der Waals surface area contributed by atoms with Gasteiger partial charge in [0.1, 0.15) is 0 Å². The second-order valence-electron chi connectivity index (χ2n) is 5.93. The Labute approximate surface area is 121 Å². The molecule has 0 radical (unpaired) electrons. The quantitative estimate of drug-likeness (QED) is 0.848. The molecule has 1 aromatic carbocycles. The molecule has 1 aliphatic rings. The lowest BCUT2D eigenvalue weighted by molar-refractivity contribution is -0.111. The lowest BCUT2D eigenvalue weighted by Gasteiger charge is -2.32. The summed E-state index contributed by atoms with van der Waals surface area (Å²) >= 11 is 0. The van der Waals surface area contributed by atoms with E-state index in [0.29, 0.717) is 0 Å². The summed E-state index contributed by atoms with van der Waals surface area (Å²) in [5, 5.41) is 2.88. The molecule has 0 aliphatic carbocycles. The highest BCUT2D eigenvalue weighted by molar-refractivity contribution is 5.99. The second kappa shape index (κ2) is 6.60. The zero-order valence-electron chi connectivity index (χ0n) is 12.6. The van der Waals surface area contributed by atoms with Gasteiger partial charge in [-0.05, 0) is 56.9 Å². The minimum Gasteiger partial charge on any atom is -0.372 e. The van der Waals surface area contributed by atoms with Crippen molar-refractivity contribution in [3.63, 3.8) is 0 Å². The monoisotopic (exact) mass is 272 g/mol. The fraction of sp³-hybridized carbons (Fsp3) is 0.471. The number of anilines is 2. The molecule has 1 aromatic rings. The van der Waals surface area contributed by atoms with E-state index in [1.807, 2.05) is 26.0 Å². The molecule has 1 N–H and O–H groups in total. The number of carbonyl (C=O) groups excluding carboxylic acids is 1. The summed E-state index contributed by atoms with van der Waals surface area (Å²) in [6, 6.07) is 8.14. The summed E-state index contributed by atoms with van der Waals surface area (Å²) in [5.74, 6) is 0.776. The fourth-order valence-electron chi connectivity index (χ4n) is 2.46. The Hall–Kier alpha value is -1.77. The van der Waals surface area contributed by atoms with Gasteiger partial charge in [0.2, 0.25) is 5.91 Å². The van der Waals surface area contributed by atoms with Crippen LogP contribution in [0.4, 0.5) is 11.4 Å². The van der Waals surface area contributed by atoms with Gasteiger partial charge < -0.3 is 10.2 Å². The molecule has 1 heterocycles. The molecule has 0 spiro atoms. The predicted octanol–water partition coefficient (Wildman–Crippen LogP) is 3.83. The van der Waals surface area contributed by atoms with E-state index in [1.54, 1.807) is 6.08 Å². The molecule has 0 saturated carbocycles. The van der Waals surface area contributed by atoms with Gasteiger partial charge in [-0.1, -0.05) is 12.5 Å². The van der Waals surface area contributed by atoms with E-state index in [1.165, 1.54) is 18.5 Å². The van der Waals surface area contributed by atoms with Crippen LogP contribution in [0.15, 0.2) is 35.9 Å². The Balaban J connectivity index is 1.96. The van der Waals surface area contributed by atoms with E-state index in [4.69, 9.17) is 0 Å². The SMILES string of the molecule is CC(C)=CC(=O)Nc1ccc(N2CCC(C)CC2)cc1. The molecule has 0 bridgehead atoms. The number of rotatable bonds is 3. The van der Waals surface area contributed by atoms with Crippen LogP contribution in [-0.2, 0) is 4.79 Å². The Kier molecular flexibility index (Phi) is 4.83. The number of carbonyl (C=O) groups is 1. The van der Waals surface area contributed by atoms with Gasteiger partial charge in [0.05, 0.1) is 0 Å². The number of nitrogens with one attached hydrogen (secondary N) is 1. The van der Waals surface area contributed by atoms with Crippen LogP contribution in [0, 0.1) is 5.92 Å². The van der Waals surface area contributed by atoms with E-state index >= 15 is 0 Å². The Bertz CT molecular complexity index is 478. The highest BCUT2D eigenvalue weighted by Gasteiger charge is 2.15. The van der Waals surface area contributed by atoms with E-state index in [2.05, 4.69) is 29.3 Å². The minimum absolute atomic E-state index is 0.0652. The molecular formula is C17H24N2O. The summed E-state index contributed by atoms with van der Waals surface area (Å²) in [5.41, 5.74) is 3.10. The highest BCUT2D eigenvalue weighted by Crippen LogP contribution is 2.24. The third kappa shape index (κ3) is 4.12. The standard InChI is InChI=1S/C17H24N2O/c1-13(2)12-17(20)18-15-4-6-16(7-5-15)19-10-8-14(3)9-11-19/h4-7,12,14H,8-11H2,1-3H3,(H,18,20). The molecule has 3 heteroatoms. The number of benzene rings is 1. The third-order valence-electron chi connectivity index (χ3n) is 3.70. The maximum Gasteiger partial charge on any atom is 0.248 e. The molecule has 20 heavy (non-hydrogen) atoms. The highest BCUT2D eigenvalue weighted by atomic mass is 16.1. The van der Waals surface area contributed by atoms with Crippen molar-refractivity contribution in [1.82, 2.24) is 0 Å². The maximum atomic E-state index is 11.6. The van der Waals surface area contributed by atoms with Gasteiger partial charge in [-0.2, -0.15) is 0 Å². The number of hydrogen-bond donors (Lipinski definition) is 1. The number of hydrogen-bond acceptors (Lipinski definition) is 2. The van der Waals surface area contributed by atoms with Crippen molar-refractivity contribution in [2.45, 2.75) is 33.6 Å². The number of allylic oxidation sites excluding steroid dienone is 1. The first kappa shape index (κ1) is 14.6. The van der Waals surface area contributed by atoms with Crippen molar-refractivity contribution in [3.8, 4) is 0 Å². The van der Waals surface area contributed by atoms with Crippen LogP contribution in [0.1, 0.15) is 33.6 Å². The molecule has 0 aromatic heterocycles. The van der Waals surface area contributed by atoms with Crippen molar-refractivity contribution in [2.24, 2.45) is 5.92 Å². The van der Waals surface area contributed by atoms with E-state index in [0.717, 1.165) is 30.3 Å². The molecule has 108 valence electrons. The van der Waals surface area contributed by atoms with E-state index in [-0.39, 0.29) is 5.91 Å². The fourth-order valence-corrected chi connectivity index (χ4v) is 2.46. The molecule has 0 atom stereocenters. The van der Waals surface area contributed by atoms with Gasteiger partial charge in [-0.25, -0.2) is 0 Å². The van der Waals surface area contributed by atoms with Crippen LogP contribution in [-0.4, -0.2) is 19.0 Å². The Morgan fingerprint density at radius 1 is 1.20 bits per heavy atom. The molecule has 1 amide bonds. The van der Waals surface area contributed by atoms with Crippen LogP contribution in [0.3, 0.4) is 0 Å². The van der Waals surface area contributed by atoms with Gasteiger partial charge in [0, 0.05) is 30.5 Å². The van der Waals surface area contributed by atoms with Gasteiger partial charge in [0.15, 0.2) is 0 Å². The normalized spacial score (nSPS) is 15.8. The summed E-state index contributed by atoms with van der Waals surface area (Å²) in [6.07, 6.45) is 4.14. The van der Waals surface area contributed by atoms with Gasteiger partial charge >= 0.3 is 0 Å². The molecule has 3 nitrogen and oxygen atoms in total. The molecular weight excluding hydrogens is 248 g/mol. The first-order valence-electron chi connectivity index (χ1n) is 7.35. The maximum absolute atomic E-state index is 11.6. The average Bonchev–Trinajstić information content (AvgIpc) is 2.39. The smallest absolute Gasteiger partial charge is 0.248 e. The first-order chi connectivity index (χ1) is 9.54. The number of nitrogens with zero attached hydrogens (tertiary/aromatic N) is 1. The molecule has 1 fully saturated rings. The van der Waals surface area contributed by atoms with Crippen molar-refractivity contribution in [1.29, 1.82) is 0 Å². The summed E-state index contributed by atoms with van der Waals surface area (Å²) < 4.78 is 0. The van der Waals surface area contributed by atoms with Crippen LogP contribution in [0.2, 0.25) is 0 Å². The van der Waals surface area contributed by atoms with Crippen molar-refractivity contribution < 1.29 is 4.79 Å². The Morgan fingerprint density at radius 3 is 2.35 bits per heavy atom. The van der Waals surface area contributed by atoms with Crippen LogP contribution in [0.25, 0.3) is 0 Å². The van der Waals surface area contributed by atoms with Gasteiger partial charge in [-0.15, -0.1) is 0 Å². The third-order valence-corrected chi connectivity index (χ3v) is 3.70. The van der Waals surface area contributed by atoms with Crippen molar-refractivity contribution in [2.75, 3.05) is 23.3 Å². The number of piperidine rings is 1. The molecule has 2 rings (SSSR count). The van der Waals surface area contributed by atoms with Crippen LogP contribution >= 0.6 is 0 Å². The Morgan fingerprint density at radius 2 is 1.80 bits per heavy atom. The minimum atomic E-state index is -0.0652. The second-order valence-corrected chi connectivity index (χ2v) is 5.93. The lowest BCUT2D eigenvalue weighted by atomic mass is 9.99. The molecule has 1 saturated heterocycles. The van der Waals surface area contributed by atoms with E-state index in [9.17, 15) is 4.79 Å². The zero-order valence-corrected chi connectivity index (χ0v) is 12.6. The topological polar surface area (TPSA) is 32.3 Å². The molecule has 1 aliphatic heterocycles. The van der Waals surface area contributed by atoms with Crippen LogP contribution in [0.5, 0.6) is 0 Å². The lowest BCUT2D eigenvalue weighted by Crippen LogP contribution is -2.32. The summed E-state index contributed by atoms with van der Waals surface area (Å²) in [4.78, 5) is 14.1. The van der Waals surface area contributed by atoms with E-state index < -0.39 is 0 Å². The van der Waals surface area contributed by atoms with Crippen LogP contribution < -0.4 is 10.2 Å². The predicted molar refractivity (Wildman–Crippen MR) is 85.1 cm³/mol. The molecule has 0 unspecified atom stereocenters. The largest absolute Gasteiger partial charge is 0.372 e. The van der Waals surface area contributed by atoms with Crippen molar-refractivity contribution >= 4 is 17.3 Å². The average molecular weight is 272 g/mol. The summed E-state index contributed by atoms with van der Waals surface area (Å²) in [7, 11) is 0. The zero-order chi connectivity index (χ0) is 14.5. The van der Waals surface area contributed by atoms with Gasteiger partial charge in [-0.3, -0.25) is 4.79 Å². The van der Waals surface area contributed by atoms with Gasteiger partial charge in [0.25, 0.3) is 0 Å². The summed E-state index contributed by atoms with van der Waals surface area (Å²) in [6.45, 7) is 8.41. The first-order valence-corrected chi connectivity index (χ1v) is 7.35. The van der Waals surface area contributed by atoms with Crippen molar-refractivity contribution in [3.05, 3.63) is 35.9 Å². The number of amides is 1.